The van der Waals surface area contributed by atoms with Crippen molar-refractivity contribution in [3.63, 3.8) is 0 Å². The summed E-state index contributed by atoms with van der Waals surface area (Å²) in [6.45, 7) is 0. The summed E-state index contributed by atoms with van der Waals surface area (Å²) >= 11 is 0. The monoisotopic (exact) mass is 628 g/mol. The number of hydrogen-bond donors (Lipinski definition) is 0. The Balaban J connectivity index is 1.11. The molecule has 0 saturated heterocycles. The third-order valence-electron chi connectivity index (χ3n) is 13.4. The second kappa shape index (κ2) is 9.51. The fraction of sp³-hybridized carbons (Fsp3) is 0.208. The van der Waals surface area contributed by atoms with Crippen molar-refractivity contribution in [1.29, 1.82) is 0 Å². The van der Waals surface area contributed by atoms with Crippen molar-refractivity contribution < 1.29 is 4.42 Å². The average Bonchev–Trinajstić information content (AvgIpc) is 3.66. The summed E-state index contributed by atoms with van der Waals surface area (Å²) in [6, 6.07) is 50.4. The molecule has 1 heteroatoms. The van der Waals surface area contributed by atoms with Gasteiger partial charge in [-0.15, -0.1) is 0 Å². The highest BCUT2D eigenvalue weighted by atomic mass is 16.3. The van der Waals surface area contributed by atoms with Gasteiger partial charge in [-0.2, -0.15) is 0 Å². The van der Waals surface area contributed by atoms with E-state index in [-0.39, 0.29) is 5.41 Å². The van der Waals surface area contributed by atoms with Crippen molar-refractivity contribution in [2.24, 2.45) is 23.7 Å². The van der Waals surface area contributed by atoms with Gasteiger partial charge in [-0.1, -0.05) is 109 Å². The lowest BCUT2D eigenvalue weighted by molar-refractivity contribution is -0.0399. The van der Waals surface area contributed by atoms with Gasteiger partial charge in [-0.25, -0.2) is 0 Å². The normalized spacial score (nSPS) is 24.8. The minimum Gasteiger partial charge on any atom is -0.456 e. The minimum atomic E-state index is 0.196. The van der Waals surface area contributed by atoms with Gasteiger partial charge in [0.2, 0.25) is 0 Å². The van der Waals surface area contributed by atoms with Gasteiger partial charge in [-0.05, 0) is 146 Å². The topological polar surface area (TPSA) is 13.1 Å². The van der Waals surface area contributed by atoms with Gasteiger partial charge in [0, 0.05) is 16.2 Å². The molecule has 0 N–H and O–H groups in total. The third kappa shape index (κ3) is 3.41. The highest BCUT2D eigenvalue weighted by molar-refractivity contribution is 6.22. The zero-order chi connectivity index (χ0) is 31.8. The van der Waals surface area contributed by atoms with Crippen LogP contribution in [0.1, 0.15) is 43.2 Å². The second-order valence-corrected chi connectivity index (χ2v) is 15.6. The minimum absolute atomic E-state index is 0.196. The van der Waals surface area contributed by atoms with Crippen LogP contribution in [0.3, 0.4) is 0 Å². The van der Waals surface area contributed by atoms with E-state index in [1.165, 1.54) is 97.8 Å². The first-order valence-electron chi connectivity index (χ1n) is 18.4. The van der Waals surface area contributed by atoms with Gasteiger partial charge in [-0.3, -0.25) is 0 Å². The summed E-state index contributed by atoms with van der Waals surface area (Å²) in [7, 11) is 0. The van der Waals surface area contributed by atoms with Crippen LogP contribution in [-0.4, -0.2) is 0 Å². The van der Waals surface area contributed by atoms with E-state index in [1.807, 2.05) is 6.07 Å². The molecular formula is C48H36O. The number of benzene rings is 7. The summed E-state index contributed by atoms with van der Waals surface area (Å²) in [5.41, 5.74) is 13.5. The summed E-state index contributed by atoms with van der Waals surface area (Å²) < 4.78 is 6.23. The van der Waals surface area contributed by atoms with E-state index in [1.54, 1.807) is 11.1 Å². The van der Waals surface area contributed by atoms with Crippen molar-refractivity contribution in [3.05, 3.63) is 145 Å². The van der Waals surface area contributed by atoms with Gasteiger partial charge in [0.25, 0.3) is 0 Å². The summed E-state index contributed by atoms with van der Waals surface area (Å²) in [6.07, 6.45) is 7.15. The van der Waals surface area contributed by atoms with Crippen LogP contribution in [0.5, 0.6) is 0 Å². The maximum absolute atomic E-state index is 6.23. The largest absolute Gasteiger partial charge is 0.456 e. The molecule has 1 spiro atoms. The number of rotatable bonds is 2. The smallest absolute Gasteiger partial charge is 0.135 e. The number of hydrogen-bond acceptors (Lipinski definition) is 1. The molecule has 0 amide bonds. The predicted octanol–water partition coefficient (Wildman–Crippen LogP) is 12.9. The number of furan rings is 1. The Morgan fingerprint density at radius 2 is 0.918 bits per heavy atom. The van der Waals surface area contributed by atoms with Gasteiger partial charge >= 0.3 is 0 Å². The average molecular weight is 629 g/mol. The lowest BCUT2D eigenvalue weighted by Crippen LogP contribution is -2.55. The maximum Gasteiger partial charge on any atom is 0.135 e. The number of para-hydroxylation sites is 1. The van der Waals surface area contributed by atoms with E-state index in [0.29, 0.717) is 0 Å². The predicted molar refractivity (Wildman–Crippen MR) is 203 cm³/mol. The van der Waals surface area contributed by atoms with Crippen LogP contribution in [0.25, 0.3) is 76.9 Å². The SMILES string of the molecule is c1ccc2c(c1)-c1cc(-c3c4ccccc4c(-c4ccc5oc6ccccc6c5c4)c4ccccc34)ccc1C21C2CC3CC(C2)CC1C3. The molecule has 234 valence electrons. The Kier molecular flexibility index (Phi) is 5.20. The van der Waals surface area contributed by atoms with Crippen LogP contribution in [0, 0.1) is 23.7 Å². The molecule has 8 aromatic rings. The van der Waals surface area contributed by atoms with Crippen molar-refractivity contribution in [3.8, 4) is 33.4 Å². The van der Waals surface area contributed by atoms with Gasteiger partial charge in [0.15, 0.2) is 0 Å². The van der Waals surface area contributed by atoms with Gasteiger partial charge in [0.1, 0.15) is 11.2 Å². The summed E-state index contributed by atoms with van der Waals surface area (Å²) in [4.78, 5) is 0. The molecule has 1 heterocycles. The molecule has 0 unspecified atom stereocenters. The molecule has 5 aliphatic rings. The lowest BCUT2D eigenvalue weighted by atomic mass is 9.43. The van der Waals surface area contributed by atoms with Crippen LogP contribution >= 0.6 is 0 Å². The number of fused-ring (bicyclic) bond motifs is 8. The zero-order valence-electron chi connectivity index (χ0n) is 27.5. The van der Waals surface area contributed by atoms with Gasteiger partial charge < -0.3 is 4.42 Å². The molecule has 4 fully saturated rings. The molecule has 1 aromatic heterocycles. The van der Waals surface area contributed by atoms with E-state index in [9.17, 15) is 0 Å². The first-order chi connectivity index (χ1) is 24.3. The molecule has 4 saturated carbocycles. The zero-order valence-corrected chi connectivity index (χ0v) is 27.5. The Hall–Kier alpha value is -5.14. The molecule has 4 bridgehead atoms. The van der Waals surface area contributed by atoms with Crippen molar-refractivity contribution >= 4 is 43.5 Å². The van der Waals surface area contributed by atoms with E-state index >= 15 is 0 Å². The van der Waals surface area contributed by atoms with Crippen LogP contribution < -0.4 is 0 Å². The van der Waals surface area contributed by atoms with E-state index in [4.69, 9.17) is 4.42 Å². The molecule has 49 heavy (non-hydrogen) atoms. The molecular weight excluding hydrogens is 593 g/mol. The van der Waals surface area contributed by atoms with Crippen LogP contribution in [0.4, 0.5) is 0 Å². The molecule has 1 nitrogen and oxygen atoms in total. The fourth-order valence-electron chi connectivity index (χ4n) is 11.9. The van der Waals surface area contributed by atoms with E-state index < -0.39 is 0 Å². The quantitative estimate of drug-likeness (QED) is 0.174. The highest BCUT2D eigenvalue weighted by Crippen LogP contribution is 2.69. The molecule has 0 atom stereocenters. The molecule has 13 rings (SSSR count). The van der Waals surface area contributed by atoms with Gasteiger partial charge in [0.05, 0.1) is 0 Å². The van der Waals surface area contributed by atoms with Crippen LogP contribution in [0.15, 0.2) is 138 Å². The molecule has 0 aliphatic heterocycles. The fourth-order valence-corrected chi connectivity index (χ4v) is 11.9. The van der Waals surface area contributed by atoms with Crippen molar-refractivity contribution in [2.75, 3.05) is 0 Å². The molecule has 7 aromatic carbocycles. The first-order valence-corrected chi connectivity index (χ1v) is 18.4. The third-order valence-corrected chi connectivity index (χ3v) is 13.4. The summed E-state index contributed by atoms with van der Waals surface area (Å²) in [5.74, 6) is 3.46. The van der Waals surface area contributed by atoms with Crippen LogP contribution in [0.2, 0.25) is 0 Å². The van der Waals surface area contributed by atoms with E-state index in [0.717, 1.165) is 34.8 Å². The second-order valence-electron chi connectivity index (χ2n) is 15.6. The summed E-state index contributed by atoms with van der Waals surface area (Å²) in [5, 5.41) is 7.54. The molecule has 0 radical (unpaired) electrons. The lowest BCUT2D eigenvalue weighted by Gasteiger charge is -2.61. The molecule has 5 aliphatic carbocycles. The standard InChI is InChI=1S/C48H36O/c1-3-13-38-36(11-1)46(37-12-2-4-14-39(37)47(38)31-18-20-45-41(27-31)35-10-6-8-16-44(35)49-45)30-17-19-43-40(26-30)34-9-5-7-15-42(34)48(43)32-22-28-21-29(24-32)25-33(48)23-28/h1-20,26-29,32-33H,21-25H2. The maximum atomic E-state index is 6.23. The Labute approximate surface area is 286 Å². The Morgan fingerprint density at radius 3 is 1.59 bits per heavy atom. The Morgan fingerprint density at radius 1 is 0.408 bits per heavy atom. The van der Waals surface area contributed by atoms with Crippen molar-refractivity contribution in [1.82, 2.24) is 0 Å². The van der Waals surface area contributed by atoms with Crippen molar-refractivity contribution in [2.45, 2.75) is 37.5 Å². The Bertz CT molecular complexity index is 2600. The van der Waals surface area contributed by atoms with Crippen LogP contribution in [-0.2, 0) is 5.41 Å². The van der Waals surface area contributed by atoms with E-state index in [2.05, 4.69) is 127 Å². The highest BCUT2D eigenvalue weighted by Gasteiger charge is 2.61. The first kappa shape index (κ1) is 26.8.